The molecule has 1 aromatic carbocycles. The molecule has 0 aliphatic carbocycles. The van der Waals surface area contributed by atoms with Gasteiger partial charge in [-0.1, -0.05) is 44.2 Å². The van der Waals surface area contributed by atoms with E-state index in [-0.39, 0.29) is 11.3 Å². The minimum atomic E-state index is -0.813. The van der Waals surface area contributed by atoms with Gasteiger partial charge in [-0.05, 0) is 18.4 Å². The molecule has 3 atom stereocenters. The van der Waals surface area contributed by atoms with Crippen molar-refractivity contribution in [3.63, 3.8) is 0 Å². The molecule has 2 nitrogen and oxygen atoms in total. The molecule has 1 aromatic rings. The monoisotopic (exact) mass is 239 g/mol. The summed E-state index contributed by atoms with van der Waals surface area (Å²) >= 11 is 0. The average Bonchev–Trinajstić information content (AvgIpc) is 2.31. The molecular weight excluding hydrogens is 218 g/mol. The second-order valence-electron chi connectivity index (χ2n) is 3.97. The zero-order valence-corrected chi connectivity index (χ0v) is 10.9. The molecule has 16 heavy (non-hydrogen) atoms. The van der Waals surface area contributed by atoms with Gasteiger partial charge in [-0.3, -0.25) is 4.21 Å². The molecule has 0 aliphatic rings. The van der Waals surface area contributed by atoms with E-state index in [1.54, 1.807) is 0 Å². The highest BCUT2D eigenvalue weighted by Crippen LogP contribution is 2.21. The number of hydrogen-bond acceptors (Lipinski definition) is 2. The maximum Gasteiger partial charge on any atom is 0.0538 e. The van der Waals surface area contributed by atoms with Gasteiger partial charge in [0.25, 0.3) is 0 Å². The minimum Gasteiger partial charge on any atom is -0.323 e. The molecule has 2 N–H and O–H groups in total. The first-order valence-corrected chi connectivity index (χ1v) is 7.26. The zero-order chi connectivity index (χ0) is 12.0. The Labute approximate surface area is 101 Å². The molecule has 0 heterocycles. The lowest BCUT2D eigenvalue weighted by Crippen LogP contribution is -2.30. The van der Waals surface area contributed by atoms with Crippen LogP contribution in [0, 0.1) is 0 Å². The second kappa shape index (κ2) is 6.81. The summed E-state index contributed by atoms with van der Waals surface area (Å²) in [7, 11) is -0.813. The van der Waals surface area contributed by atoms with E-state index in [1.165, 1.54) is 0 Å². The summed E-state index contributed by atoms with van der Waals surface area (Å²) in [4.78, 5) is 0. The maximum atomic E-state index is 12.0. The van der Waals surface area contributed by atoms with Crippen molar-refractivity contribution in [3.05, 3.63) is 35.9 Å². The van der Waals surface area contributed by atoms with Crippen LogP contribution in [0.25, 0.3) is 0 Å². The molecule has 0 bridgehead atoms. The van der Waals surface area contributed by atoms with E-state index in [1.807, 2.05) is 30.3 Å². The van der Waals surface area contributed by atoms with E-state index in [9.17, 15) is 4.21 Å². The quantitative estimate of drug-likeness (QED) is 0.829. The topological polar surface area (TPSA) is 43.1 Å². The van der Waals surface area contributed by atoms with Crippen molar-refractivity contribution in [2.45, 2.75) is 38.0 Å². The number of benzene rings is 1. The third-order valence-corrected chi connectivity index (χ3v) is 4.84. The molecule has 0 saturated heterocycles. The average molecular weight is 239 g/mol. The maximum absolute atomic E-state index is 12.0. The summed E-state index contributed by atoms with van der Waals surface area (Å²) in [5, 5.41) is 0.0716. The van der Waals surface area contributed by atoms with Crippen LogP contribution in [0.5, 0.6) is 0 Å². The number of rotatable bonds is 6. The Morgan fingerprint density at radius 2 is 1.88 bits per heavy atom. The van der Waals surface area contributed by atoms with E-state index in [0.29, 0.717) is 0 Å². The van der Waals surface area contributed by atoms with Crippen LogP contribution in [0.15, 0.2) is 30.3 Å². The van der Waals surface area contributed by atoms with Gasteiger partial charge in [0.1, 0.15) is 0 Å². The predicted molar refractivity (Wildman–Crippen MR) is 70.7 cm³/mol. The van der Waals surface area contributed by atoms with Gasteiger partial charge in [-0.15, -0.1) is 0 Å². The Morgan fingerprint density at radius 1 is 1.25 bits per heavy atom. The van der Waals surface area contributed by atoms with E-state index >= 15 is 0 Å². The van der Waals surface area contributed by atoms with Gasteiger partial charge in [-0.25, -0.2) is 0 Å². The second-order valence-corrected chi connectivity index (χ2v) is 5.74. The van der Waals surface area contributed by atoms with E-state index < -0.39 is 10.8 Å². The molecule has 0 aromatic heterocycles. The van der Waals surface area contributed by atoms with E-state index in [4.69, 9.17) is 5.73 Å². The van der Waals surface area contributed by atoms with Crippen LogP contribution in [-0.2, 0) is 10.8 Å². The fourth-order valence-corrected chi connectivity index (χ4v) is 3.41. The number of nitrogens with two attached hydrogens (primary N) is 1. The Hall–Kier alpha value is -0.670. The molecule has 0 aliphatic heterocycles. The SMILES string of the molecule is CCCS(=O)C(CC)C(N)c1ccccc1. The fourth-order valence-electron chi connectivity index (χ4n) is 1.85. The fraction of sp³-hybridized carbons (Fsp3) is 0.538. The molecule has 0 saturated carbocycles. The Kier molecular flexibility index (Phi) is 5.71. The Morgan fingerprint density at radius 3 is 2.38 bits per heavy atom. The van der Waals surface area contributed by atoms with Crippen molar-refractivity contribution in [3.8, 4) is 0 Å². The first kappa shape index (κ1) is 13.4. The van der Waals surface area contributed by atoms with Crippen LogP contribution in [0.3, 0.4) is 0 Å². The molecule has 1 rings (SSSR count). The van der Waals surface area contributed by atoms with Gasteiger partial charge in [-0.2, -0.15) is 0 Å². The highest BCUT2D eigenvalue weighted by Gasteiger charge is 2.22. The summed E-state index contributed by atoms with van der Waals surface area (Å²) in [6.07, 6.45) is 1.81. The van der Waals surface area contributed by atoms with Gasteiger partial charge < -0.3 is 5.73 Å². The molecule has 0 fully saturated rings. The van der Waals surface area contributed by atoms with Crippen LogP contribution in [0.1, 0.15) is 38.3 Å². The van der Waals surface area contributed by atoms with Crippen LogP contribution in [0.2, 0.25) is 0 Å². The Balaban J connectivity index is 2.77. The summed E-state index contributed by atoms with van der Waals surface area (Å²) in [5.74, 6) is 0.749. The van der Waals surface area contributed by atoms with Gasteiger partial charge >= 0.3 is 0 Å². The van der Waals surface area contributed by atoms with Crippen LogP contribution in [0.4, 0.5) is 0 Å². The normalized spacial score (nSPS) is 16.7. The van der Waals surface area contributed by atoms with Crippen molar-refractivity contribution in [1.82, 2.24) is 0 Å². The van der Waals surface area contributed by atoms with Gasteiger partial charge in [0.2, 0.25) is 0 Å². The highest BCUT2D eigenvalue weighted by molar-refractivity contribution is 7.85. The zero-order valence-electron chi connectivity index (χ0n) is 10.1. The van der Waals surface area contributed by atoms with Crippen molar-refractivity contribution < 1.29 is 4.21 Å². The van der Waals surface area contributed by atoms with Crippen LogP contribution >= 0.6 is 0 Å². The third kappa shape index (κ3) is 3.42. The lowest BCUT2D eigenvalue weighted by Gasteiger charge is -2.22. The van der Waals surface area contributed by atoms with Crippen molar-refractivity contribution in [2.24, 2.45) is 5.73 Å². The Bertz CT molecular complexity index is 326. The summed E-state index contributed by atoms with van der Waals surface area (Å²) in [6.45, 7) is 4.11. The van der Waals surface area contributed by atoms with Crippen molar-refractivity contribution in [1.29, 1.82) is 0 Å². The first-order chi connectivity index (χ1) is 7.70. The standard InChI is InChI=1S/C13H21NOS/c1-3-10-16(15)12(4-2)13(14)11-8-6-5-7-9-11/h5-9,12-13H,3-4,10,14H2,1-2H3. The van der Waals surface area contributed by atoms with Gasteiger partial charge in [0.15, 0.2) is 0 Å². The lowest BCUT2D eigenvalue weighted by atomic mass is 10.0. The van der Waals surface area contributed by atoms with Gasteiger partial charge in [0.05, 0.1) is 5.25 Å². The smallest absolute Gasteiger partial charge is 0.0538 e. The largest absolute Gasteiger partial charge is 0.323 e. The number of hydrogen-bond donors (Lipinski definition) is 1. The molecule has 0 amide bonds. The molecule has 3 unspecified atom stereocenters. The van der Waals surface area contributed by atoms with Crippen LogP contribution in [-0.4, -0.2) is 15.2 Å². The summed E-state index contributed by atoms with van der Waals surface area (Å²) in [6, 6.07) is 9.83. The first-order valence-electron chi connectivity index (χ1n) is 5.88. The molecule has 3 heteroatoms. The minimum absolute atomic E-state index is 0.0716. The summed E-state index contributed by atoms with van der Waals surface area (Å²) < 4.78 is 12.0. The van der Waals surface area contributed by atoms with E-state index in [2.05, 4.69) is 13.8 Å². The third-order valence-electron chi connectivity index (χ3n) is 2.73. The highest BCUT2D eigenvalue weighted by atomic mass is 32.2. The van der Waals surface area contributed by atoms with Crippen molar-refractivity contribution >= 4 is 10.8 Å². The lowest BCUT2D eigenvalue weighted by molar-refractivity contribution is 0.611. The summed E-state index contributed by atoms with van der Waals surface area (Å²) in [5.41, 5.74) is 7.27. The predicted octanol–water partition coefficient (Wildman–Crippen LogP) is 2.62. The van der Waals surface area contributed by atoms with Crippen LogP contribution < -0.4 is 5.73 Å². The molecule has 0 spiro atoms. The van der Waals surface area contributed by atoms with E-state index in [0.717, 1.165) is 24.2 Å². The molecular formula is C13H21NOS. The van der Waals surface area contributed by atoms with Gasteiger partial charge in [0, 0.05) is 22.6 Å². The molecule has 90 valence electrons. The molecule has 0 radical (unpaired) electrons. The van der Waals surface area contributed by atoms with Crippen molar-refractivity contribution in [2.75, 3.05) is 5.75 Å².